The van der Waals surface area contributed by atoms with Crippen LogP contribution in [0.25, 0.3) is 11.1 Å². The van der Waals surface area contributed by atoms with Gasteiger partial charge in [-0.05, 0) is 111 Å². The van der Waals surface area contributed by atoms with Gasteiger partial charge in [0.1, 0.15) is 23.0 Å². The molecule has 328 valence electrons. The first-order chi connectivity index (χ1) is 27.7. The predicted molar refractivity (Wildman–Crippen MR) is 258 cm³/mol. The third-order valence-electron chi connectivity index (χ3n) is 12.2. The maximum Gasteiger partial charge on any atom is 0.123 e. The van der Waals surface area contributed by atoms with E-state index in [1.165, 1.54) is 0 Å². The Kier molecular flexibility index (Phi) is 12.6. The molecule has 0 unspecified atom stereocenters. The average molecular weight is 825 g/mol. The summed E-state index contributed by atoms with van der Waals surface area (Å²) >= 11 is 0. The summed E-state index contributed by atoms with van der Waals surface area (Å²) in [6.07, 6.45) is 1.47. The molecular formula is C57H76O4. The van der Waals surface area contributed by atoms with E-state index in [1.54, 1.807) is 0 Å². The van der Waals surface area contributed by atoms with E-state index in [-0.39, 0.29) is 38.2 Å². The van der Waals surface area contributed by atoms with Crippen molar-refractivity contribution in [2.24, 2.45) is 0 Å². The first-order valence-electron chi connectivity index (χ1n) is 22.2. The zero-order valence-electron chi connectivity index (χ0n) is 40.8. The molecule has 5 aromatic carbocycles. The molecule has 4 nitrogen and oxygen atoms in total. The number of benzene rings is 5. The van der Waals surface area contributed by atoms with E-state index in [1.807, 2.05) is 6.07 Å². The average Bonchev–Trinajstić information content (AvgIpc) is 3.09. The molecule has 5 aromatic rings. The number of phenols is 4. The second-order valence-corrected chi connectivity index (χ2v) is 23.9. The first kappa shape index (κ1) is 47.4. The zero-order valence-corrected chi connectivity index (χ0v) is 40.8. The molecule has 0 atom stereocenters. The maximum atomic E-state index is 12.9. The second-order valence-electron chi connectivity index (χ2n) is 23.9. The van der Waals surface area contributed by atoms with E-state index in [0.29, 0.717) is 36.5 Å². The lowest BCUT2D eigenvalue weighted by Crippen LogP contribution is -2.18. The Morgan fingerprint density at radius 2 is 0.607 bits per heavy atom. The minimum absolute atomic E-state index is 0.254. The van der Waals surface area contributed by atoms with E-state index in [2.05, 4.69) is 191 Å². The smallest absolute Gasteiger partial charge is 0.123 e. The van der Waals surface area contributed by atoms with Gasteiger partial charge in [0, 0.05) is 18.4 Å². The summed E-state index contributed by atoms with van der Waals surface area (Å²) in [5.41, 5.74) is 11.4. The van der Waals surface area contributed by atoms with E-state index in [4.69, 9.17) is 0 Å². The van der Waals surface area contributed by atoms with Crippen LogP contribution >= 0.6 is 0 Å². The summed E-state index contributed by atoms with van der Waals surface area (Å²) in [4.78, 5) is 0. The van der Waals surface area contributed by atoms with Crippen molar-refractivity contribution in [2.45, 2.75) is 176 Å². The third kappa shape index (κ3) is 10.3. The minimum atomic E-state index is -0.319. The van der Waals surface area contributed by atoms with Crippen molar-refractivity contribution in [1.82, 2.24) is 0 Å². The highest BCUT2D eigenvalue weighted by atomic mass is 16.3. The second kappa shape index (κ2) is 16.2. The van der Waals surface area contributed by atoms with Crippen LogP contribution < -0.4 is 0 Å². The number of aromatic hydroxyl groups is 4. The fourth-order valence-corrected chi connectivity index (χ4v) is 8.73. The topological polar surface area (TPSA) is 80.9 Å². The fraction of sp³-hybridized carbons (Fsp3) is 0.474. The molecule has 0 saturated carbocycles. The summed E-state index contributed by atoms with van der Waals surface area (Å²) in [6.45, 7) is 38.5. The molecule has 0 saturated heterocycles. The van der Waals surface area contributed by atoms with Crippen molar-refractivity contribution in [3.05, 3.63) is 140 Å². The molecule has 61 heavy (non-hydrogen) atoms. The third-order valence-corrected chi connectivity index (χ3v) is 12.2. The summed E-state index contributed by atoms with van der Waals surface area (Å²) in [5.74, 6) is 1.28. The van der Waals surface area contributed by atoms with E-state index < -0.39 is 0 Å². The molecule has 0 heterocycles. The Labute approximate surface area is 369 Å². The zero-order chi connectivity index (χ0) is 46.0. The molecule has 4 heteroatoms. The molecule has 4 N–H and O–H groups in total. The van der Waals surface area contributed by atoms with Crippen LogP contribution in [0.2, 0.25) is 0 Å². The molecule has 0 aliphatic heterocycles. The molecule has 0 aliphatic rings. The van der Waals surface area contributed by atoms with Crippen molar-refractivity contribution >= 4 is 0 Å². The molecule has 0 aliphatic carbocycles. The van der Waals surface area contributed by atoms with Gasteiger partial charge in [-0.25, -0.2) is 0 Å². The Morgan fingerprint density at radius 1 is 0.328 bits per heavy atom. The van der Waals surface area contributed by atoms with Crippen LogP contribution in [0.4, 0.5) is 0 Å². The first-order valence-corrected chi connectivity index (χ1v) is 22.2. The van der Waals surface area contributed by atoms with Gasteiger partial charge in [-0.2, -0.15) is 0 Å². The highest BCUT2D eigenvalue weighted by Crippen LogP contribution is 2.46. The fourth-order valence-electron chi connectivity index (χ4n) is 8.73. The van der Waals surface area contributed by atoms with Crippen molar-refractivity contribution in [1.29, 1.82) is 0 Å². The lowest BCUT2D eigenvalue weighted by molar-refractivity contribution is 0.422. The highest BCUT2D eigenvalue weighted by molar-refractivity contribution is 5.77. The van der Waals surface area contributed by atoms with Crippen molar-refractivity contribution < 1.29 is 20.4 Å². The van der Waals surface area contributed by atoms with Crippen LogP contribution in [0.15, 0.2) is 72.8 Å². The van der Waals surface area contributed by atoms with E-state index >= 15 is 0 Å². The van der Waals surface area contributed by atoms with Crippen molar-refractivity contribution in [2.75, 3.05) is 0 Å². The quantitative estimate of drug-likeness (QED) is 0.132. The standard InChI is InChI=1S/C57H76O4/c1-52(2,3)41-27-34(28-42(49(41)59)53(4,5)6)24-38-33-39(25-35-29-43(54(7,8)9)50(60)44(30-35)55(10,11)12)48(58)40(47(38)37-22-20-19-21-23-37)26-36-31-45(56(13,14)15)51(61)46(32-36)57(16,17)18/h19-23,27-33,58-61H,24-26H2,1-18H3. The number of phenolic OH excluding ortho intramolecular Hbond substituents is 4. The molecule has 0 amide bonds. The van der Waals surface area contributed by atoms with Gasteiger partial charge in [0.05, 0.1) is 0 Å². The van der Waals surface area contributed by atoms with Crippen LogP contribution in [0.3, 0.4) is 0 Å². The largest absolute Gasteiger partial charge is 0.507 e. The normalized spacial score (nSPS) is 13.2. The van der Waals surface area contributed by atoms with Gasteiger partial charge in [0.25, 0.3) is 0 Å². The Balaban J connectivity index is 1.91. The van der Waals surface area contributed by atoms with Crippen molar-refractivity contribution in [3.63, 3.8) is 0 Å². The monoisotopic (exact) mass is 825 g/mol. The SMILES string of the molecule is CC(C)(C)c1cc(Cc2cc(Cc3cc(C(C)(C)C)c(O)c(C(C)(C)C)c3)c(-c3ccccc3)c(Cc3cc(C(C)(C)C)c(O)c(C(C)(C)C)c3)c2O)cc(C(C)(C)C)c1O. The molecular weight excluding hydrogens is 749 g/mol. The van der Waals surface area contributed by atoms with Gasteiger partial charge in [0.2, 0.25) is 0 Å². The van der Waals surface area contributed by atoms with Crippen LogP contribution in [0, 0.1) is 0 Å². The lowest BCUT2D eigenvalue weighted by Gasteiger charge is -2.29. The summed E-state index contributed by atoms with van der Waals surface area (Å²) in [5, 5.41) is 48.0. The molecule has 0 spiro atoms. The lowest BCUT2D eigenvalue weighted by atomic mass is 9.76. The van der Waals surface area contributed by atoms with Crippen LogP contribution in [0.1, 0.15) is 191 Å². The Hall–Kier alpha value is -4.70. The molecule has 0 bridgehead atoms. The molecule has 0 fully saturated rings. The summed E-state index contributed by atoms with van der Waals surface area (Å²) in [7, 11) is 0. The maximum absolute atomic E-state index is 12.9. The van der Waals surface area contributed by atoms with Gasteiger partial charge in [-0.15, -0.1) is 0 Å². The van der Waals surface area contributed by atoms with Crippen LogP contribution in [-0.4, -0.2) is 20.4 Å². The van der Waals surface area contributed by atoms with Crippen LogP contribution in [0.5, 0.6) is 23.0 Å². The summed E-state index contributed by atoms with van der Waals surface area (Å²) < 4.78 is 0. The van der Waals surface area contributed by atoms with Gasteiger partial charge >= 0.3 is 0 Å². The highest BCUT2D eigenvalue weighted by Gasteiger charge is 2.31. The predicted octanol–water partition coefficient (Wildman–Crippen LogP) is 14.7. The Bertz CT molecular complexity index is 2300. The van der Waals surface area contributed by atoms with Gasteiger partial charge in [0.15, 0.2) is 0 Å². The van der Waals surface area contributed by atoms with E-state index in [9.17, 15) is 20.4 Å². The number of rotatable bonds is 7. The minimum Gasteiger partial charge on any atom is -0.507 e. The number of hydrogen-bond donors (Lipinski definition) is 4. The number of hydrogen-bond acceptors (Lipinski definition) is 4. The van der Waals surface area contributed by atoms with Gasteiger partial charge < -0.3 is 20.4 Å². The van der Waals surface area contributed by atoms with Gasteiger partial charge in [-0.3, -0.25) is 0 Å². The molecule has 0 radical (unpaired) electrons. The molecule has 5 rings (SSSR count). The van der Waals surface area contributed by atoms with E-state index in [0.717, 1.165) is 77.9 Å². The molecule has 0 aromatic heterocycles. The Morgan fingerprint density at radius 3 is 0.902 bits per heavy atom. The summed E-state index contributed by atoms with van der Waals surface area (Å²) in [6, 6.07) is 25.4. The van der Waals surface area contributed by atoms with Crippen molar-refractivity contribution in [3.8, 4) is 34.1 Å². The van der Waals surface area contributed by atoms with Gasteiger partial charge in [-0.1, -0.05) is 197 Å². The van der Waals surface area contributed by atoms with Crippen LogP contribution in [-0.2, 0) is 51.8 Å².